The van der Waals surface area contributed by atoms with E-state index in [0.717, 1.165) is 64.2 Å². The molecule has 0 radical (unpaired) electrons. The normalized spacial score (nSPS) is 18.1. The summed E-state index contributed by atoms with van der Waals surface area (Å²) >= 11 is 1.45. The first kappa shape index (κ1) is 105. The first-order valence-corrected chi connectivity index (χ1v) is 51.1. The lowest BCUT2D eigenvalue weighted by Crippen LogP contribution is -2.50. The summed E-state index contributed by atoms with van der Waals surface area (Å²) in [4.78, 5) is 27.0. The third kappa shape index (κ3) is 63.7. The second-order valence-corrected chi connectivity index (χ2v) is 36.7. The minimum absolute atomic E-state index is 0.0738. The van der Waals surface area contributed by atoms with E-state index in [9.17, 15) is 18.7 Å². The molecule has 2 fully saturated rings. The van der Waals surface area contributed by atoms with Crippen LogP contribution in [0.4, 0.5) is 0 Å². The van der Waals surface area contributed by atoms with Crippen LogP contribution in [0.25, 0.3) is 0 Å². The summed E-state index contributed by atoms with van der Waals surface area (Å²) in [6.07, 6.45) is 80.3. The minimum atomic E-state index is -1.64. The topological polar surface area (TPSA) is 179 Å². The van der Waals surface area contributed by atoms with Gasteiger partial charge < -0.3 is 46.1 Å². The Morgan fingerprint density at radius 1 is 0.303 bits per heavy atom. The first-order valence-electron chi connectivity index (χ1n) is 46.3. The van der Waals surface area contributed by atoms with Gasteiger partial charge in [-0.15, -0.1) is 0 Å². The smallest absolute Gasteiger partial charge is 0.332 e. The van der Waals surface area contributed by atoms with Crippen LogP contribution in [0.2, 0.25) is 0 Å². The number of hydrogen-bond acceptors (Lipinski definition) is 17. The number of ether oxygens (including phenoxy) is 4. The van der Waals surface area contributed by atoms with Crippen molar-refractivity contribution in [1.29, 1.82) is 0 Å². The molecule has 0 N–H and O–H groups in total. The van der Waals surface area contributed by atoms with Crippen LogP contribution in [0.5, 0.6) is 0 Å². The van der Waals surface area contributed by atoms with Crippen LogP contribution in [0.1, 0.15) is 451 Å². The Hall–Kier alpha value is -0.0500. The Morgan fingerprint density at radius 2 is 0.495 bits per heavy atom. The maximum atomic E-state index is 13.5. The number of carbonyl (C=O) groups is 2. The monoisotopic (exact) mass is 1640 g/mol. The molecule has 2 unspecified atom stereocenters. The number of esters is 2. The standard InChI is InChI=1S/C88H170O16P4S/c1-5-9-13-17-21-25-29-33-37-41-45-49-53-57-61-65-71-93-85(103-105-91)87(79-99-107(100-80-87)97-73-67-63-59-55-51-47-43-39-35-31-27-23-19-15-11-7-3)77-95-83(89)69-75-109-76-70-84(90)96-78-88(86(104-106-92)94-72-66-62-58-54-50-46-42-38-34-30-26-22-18-14-10-6-2)81-101-108(102-82-88)98-74-68-64-60-56-52-48-44-40-36-32-28-24-20-16-12-8-4/h85-86H,5-82H2,1-4H3. The zero-order chi connectivity index (χ0) is 78.2. The summed E-state index contributed by atoms with van der Waals surface area (Å²) in [6.45, 7) is 11.0. The molecular weight excluding hydrogens is 1470 g/mol. The van der Waals surface area contributed by atoms with Crippen LogP contribution < -0.4 is 0 Å². The number of carbonyl (C=O) groups excluding carboxylic acids is 2. The van der Waals surface area contributed by atoms with Crippen LogP contribution in [-0.2, 0) is 73.9 Å². The lowest BCUT2D eigenvalue weighted by Gasteiger charge is -2.41. The van der Waals surface area contributed by atoms with E-state index in [4.69, 9.17) is 55.1 Å². The van der Waals surface area contributed by atoms with Gasteiger partial charge in [-0.25, -0.2) is 9.13 Å². The molecule has 644 valence electrons. The van der Waals surface area contributed by atoms with Crippen LogP contribution in [0.3, 0.4) is 0 Å². The van der Waals surface area contributed by atoms with E-state index >= 15 is 0 Å². The van der Waals surface area contributed by atoms with E-state index < -0.39 is 69.9 Å². The van der Waals surface area contributed by atoms with Crippen molar-refractivity contribution >= 4 is 58.3 Å². The van der Waals surface area contributed by atoms with Gasteiger partial charge in [0.1, 0.15) is 24.0 Å². The number of rotatable bonds is 88. The van der Waals surface area contributed by atoms with Crippen molar-refractivity contribution in [3.8, 4) is 0 Å². The van der Waals surface area contributed by atoms with E-state index in [1.165, 1.54) is 358 Å². The highest BCUT2D eigenvalue weighted by atomic mass is 32.2. The van der Waals surface area contributed by atoms with Gasteiger partial charge in [-0.1, -0.05) is 413 Å². The fourth-order valence-electron chi connectivity index (χ4n) is 14.6. The molecule has 2 heterocycles. The molecule has 21 heteroatoms. The van der Waals surface area contributed by atoms with E-state index in [-0.39, 0.29) is 52.5 Å². The molecule has 0 aliphatic carbocycles. The summed E-state index contributed by atoms with van der Waals surface area (Å²) in [6, 6.07) is 0. The molecule has 2 atom stereocenters. The maximum absolute atomic E-state index is 13.5. The molecule has 2 aliphatic rings. The lowest BCUT2D eigenvalue weighted by atomic mass is 9.90. The van der Waals surface area contributed by atoms with Gasteiger partial charge in [0.25, 0.3) is 0 Å². The van der Waals surface area contributed by atoms with Gasteiger partial charge in [-0.05, 0) is 25.7 Å². The fourth-order valence-corrected chi connectivity index (χ4v) is 18.6. The van der Waals surface area contributed by atoms with Gasteiger partial charge in [-0.2, -0.15) is 11.8 Å². The number of thioether (sulfide) groups is 1. The molecular formula is C88H170O16P4S. The predicted octanol–water partition coefficient (Wildman–Crippen LogP) is 30.3. The molecule has 0 saturated carbocycles. The largest absolute Gasteiger partial charge is 0.465 e. The molecule has 16 nitrogen and oxygen atoms in total. The highest BCUT2D eigenvalue weighted by molar-refractivity contribution is 7.99. The highest BCUT2D eigenvalue weighted by Gasteiger charge is 2.50. The summed E-state index contributed by atoms with van der Waals surface area (Å²) in [5.74, 6) is -0.0657. The molecule has 2 rings (SSSR count). The van der Waals surface area contributed by atoms with E-state index in [1.54, 1.807) is 0 Å². The van der Waals surface area contributed by atoms with Crippen LogP contribution in [-0.4, -0.2) is 102 Å². The van der Waals surface area contributed by atoms with E-state index in [0.29, 0.717) is 37.9 Å². The van der Waals surface area contributed by atoms with Gasteiger partial charge in [0.15, 0.2) is 12.6 Å². The van der Waals surface area contributed by atoms with E-state index in [2.05, 4.69) is 27.7 Å². The van der Waals surface area contributed by atoms with Crippen LogP contribution >= 0.6 is 46.3 Å². The number of hydrogen-bond donors (Lipinski definition) is 0. The van der Waals surface area contributed by atoms with Crippen molar-refractivity contribution in [3.05, 3.63) is 0 Å². The second kappa shape index (κ2) is 81.7. The fraction of sp³-hybridized carbons (Fsp3) is 0.977. The van der Waals surface area contributed by atoms with Crippen molar-refractivity contribution in [2.75, 3.05) is 77.6 Å². The Labute approximate surface area is 680 Å². The Morgan fingerprint density at radius 3 is 0.697 bits per heavy atom. The summed E-state index contributed by atoms with van der Waals surface area (Å²) in [5, 5.41) is 0. The van der Waals surface area contributed by atoms with Crippen molar-refractivity contribution < 1.29 is 73.9 Å². The third-order valence-electron chi connectivity index (χ3n) is 22.0. The Bertz CT molecular complexity index is 1810. The SMILES string of the molecule is CCCCCCCCCCCCCCCCCCOC(OP=O)C1(COC(=O)CCSCCC(=O)OCC2(C(OCCCCCCCCCCCCCCCCCC)OP=O)COP(OCCCCCCCCCCCCCCCCCC)OC2)COP(OCCCCCCCCCCCCCCCCCC)OC1. The molecule has 2 aliphatic heterocycles. The molecule has 0 aromatic rings. The van der Waals surface area contributed by atoms with Gasteiger partial charge in [0.05, 0.1) is 52.5 Å². The summed E-state index contributed by atoms with van der Waals surface area (Å²) in [5.41, 5.74) is -2.18. The first-order chi connectivity index (χ1) is 53.8. The van der Waals surface area contributed by atoms with Crippen molar-refractivity contribution in [3.63, 3.8) is 0 Å². The Balaban J connectivity index is 1.90. The molecule has 109 heavy (non-hydrogen) atoms. The van der Waals surface area contributed by atoms with Crippen molar-refractivity contribution in [2.45, 2.75) is 464 Å². The van der Waals surface area contributed by atoms with Gasteiger partial charge in [0.2, 0.25) is 0 Å². The second-order valence-electron chi connectivity index (χ2n) is 32.3. The minimum Gasteiger partial charge on any atom is -0.465 e. The quantitative estimate of drug-likeness (QED) is 0.0243. The lowest BCUT2D eigenvalue weighted by molar-refractivity contribution is -0.208. The molecule has 0 aromatic heterocycles. The molecule has 0 bridgehead atoms. The average molecular weight is 1640 g/mol. The zero-order valence-corrected chi connectivity index (χ0v) is 75.4. The van der Waals surface area contributed by atoms with Gasteiger partial charge in [0, 0.05) is 24.7 Å². The summed E-state index contributed by atoms with van der Waals surface area (Å²) < 4.78 is 97.6. The van der Waals surface area contributed by atoms with Crippen molar-refractivity contribution in [1.82, 2.24) is 0 Å². The van der Waals surface area contributed by atoms with Crippen LogP contribution in [0.15, 0.2) is 0 Å². The highest BCUT2D eigenvalue weighted by Crippen LogP contribution is 2.51. The van der Waals surface area contributed by atoms with Gasteiger partial charge in [-0.3, -0.25) is 18.6 Å². The molecule has 0 aromatic carbocycles. The van der Waals surface area contributed by atoms with Crippen molar-refractivity contribution in [2.24, 2.45) is 10.8 Å². The average Bonchev–Trinajstić information content (AvgIpc) is 0.811. The Kier molecular flexibility index (Phi) is 78.7. The molecule has 0 amide bonds. The summed E-state index contributed by atoms with van der Waals surface area (Å²) in [7, 11) is -4.40. The van der Waals surface area contributed by atoms with E-state index in [1.807, 2.05) is 0 Å². The number of unbranched alkanes of at least 4 members (excludes halogenated alkanes) is 60. The maximum Gasteiger partial charge on any atom is 0.332 e. The van der Waals surface area contributed by atoms with Gasteiger partial charge >= 0.3 is 46.5 Å². The van der Waals surface area contributed by atoms with Crippen LogP contribution in [0, 0.1) is 10.8 Å². The third-order valence-corrected chi connectivity index (χ3v) is 25.7. The molecule has 2 saturated heterocycles. The zero-order valence-electron chi connectivity index (χ0n) is 71.0. The predicted molar refractivity (Wildman–Crippen MR) is 458 cm³/mol. The molecule has 0 spiro atoms.